The van der Waals surface area contributed by atoms with Gasteiger partial charge in [-0.05, 0) is 0 Å². The lowest BCUT2D eigenvalue weighted by Crippen LogP contribution is -2.49. The van der Waals surface area contributed by atoms with E-state index in [9.17, 15) is 0 Å². The van der Waals surface area contributed by atoms with Gasteiger partial charge in [0.1, 0.15) is 6.10 Å². The van der Waals surface area contributed by atoms with Gasteiger partial charge in [-0.2, -0.15) is 0 Å². The van der Waals surface area contributed by atoms with E-state index in [1.807, 2.05) is 0 Å². The van der Waals surface area contributed by atoms with E-state index in [0.717, 1.165) is 0 Å². The van der Waals surface area contributed by atoms with E-state index in [1.165, 1.54) is 0 Å². The van der Waals surface area contributed by atoms with Gasteiger partial charge in [-0.15, -0.1) is 0 Å². The molecule has 0 saturated carbocycles. The molecule has 1 fully saturated rings. The van der Waals surface area contributed by atoms with E-state index >= 15 is 0 Å². The van der Waals surface area contributed by atoms with Crippen LogP contribution in [0.15, 0.2) is 0 Å². The zero-order valence-corrected chi connectivity index (χ0v) is 5.92. The van der Waals surface area contributed by atoms with Gasteiger partial charge in [-0.1, -0.05) is 0 Å². The van der Waals surface area contributed by atoms with E-state index in [2.05, 4.69) is 0 Å². The van der Waals surface area contributed by atoms with Crippen molar-refractivity contribution in [3.05, 3.63) is 0 Å². The minimum atomic E-state index is -1.39. The summed E-state index contributed by atoms with van der Waals surface area (Å²) in [5.41, 5.74) is 0. The van der Waals surface area contributed by atoms with E-state index in [0.29, 0.717) is 0 Å². The van der Waals surface area contributed by atoms with Crippen LogP contribution in [0.4, 0.5) is 0 Å². The first-order valence-electron chi connectivity index (χ1n) is 3.45. The summed E-state index contributed by atoms with van der Waals surface area (Å²) in [5, 5.41) is 35.5. The highest BCUT2D eigenvalue weighted by Crippen LogP contribution is 2.17. The average molecular weight is 164 g/mol. The van der Waals surface area contributed by atoms with E-state index < -0.39 is 24.6 Å². The zero-order chi connectivity index (χ0) is 8.43. The highest BCUT2D eigenvalue weighted by molar-refractivity contribution is 4.79. The summed E-state index contributed by atoms with van der Waals surface area (Å²) < 4.78 is 4.71. The number of ether oxygens (including phenoxy) is 1. The summed E-state index contributed by atoms with van der Waals surface area (Å²) in [5.74, 6) is 0. The summed E-state index contributed by atoms with van der Waals surface area (Å²) in [6, 6.07) is 0. The molecule has 1 aliphatic heterocycles. The Balaban J connectivity index is 2.47. The molecule has 0 aliphatic carbocycles. The summed E-state index contributed by atoms with van der Waals surface area (Å²) in [6.07, 6.45) is -4.11. The first-order chi connectivity index (χ1) is 5.15. The number of hydrogen-bond donors (Lipinski definition) is 4. The van der Waals surface area contributed by atoms with Crippen LogP contribution in [-0.2, 0) is 4.74 Å². The van der Waals surface area contributed by atoms with E-state index in [4.69, 9.17) is 25.2 Å². The summed E-state index contributed by atoms with van der Waals surface area (Å²) >= 11 is 0. The Morgan fingerprint density at radius 2 is 1.91 bits per heavy atom. The van der Waals surface area contributed by atoms with Crippen molar-refractivity contribution >= 4 is 0 Å². The molecule has 0 aromatic carbocycles. The zero-order valence-electron chi connectivity index (χ0n) is 5.92. The van der Waals surface area contributed by atoms with Gasteiger partial charge in [0.05, 0.1) is 18.8 Å². The molecule has 4 atom stereocenters. The molecular formula is C6H12O5. The van der Waals surface area contributed by atoms with E-state index in [1.54, 1.807) is 0 Å². The van der Waals surface area contributed by atoms with E-state index in [-0.39, 0.29) is 13.0 Å². The molecule has 1 rings (SSSR count). The second-order valence-electron chi connectivity index (χ2n) is 2.62. The molecule has 0 amide bonds. The third kappa shape index (κ3) is 1.88. The molecule has 0 aromatic heterocycles. The predicted octanol–water partition coefficient (Wildman–Crippen LogP) is -2.19. The Kier molecular flexibility index (Phi) is 2.80. The van der Waals surface area contributed by atoms with Crippen molar-refractivity contribution in [3.8, 4) is 0 Å². The Bertz CT molecular complexity index is 116. The van der Waals surface area contributed by atoms with Gasteiger partial charge < -0.3 is 25.2 Å². The van der Waals surface area contributed by atoms with Gasteiger partial charge in [0.25, 0.3) is 0 Å². The molecule has 5 nitrogen and oxygen atoms in total. The fraction of sp³-hybridized carbons (Fsp3) is 1.00. The molecule has 1 heterocycles. The van der Waals surface area contributed by atoms with Gasteiger partial charge >= 0.3 is 0 Å². The van der Waals surface area contributed by atoms with Crippen molar-refractivity contribution in [1.82, 2.24) is 0 Å². The maximum atomic E-state index is 9.05. The van der Waals surface area contributed by atoms with Crippen LogP contribution >= 0.6 is 0 Å². The second-order valence-corrected chi connectivity index (χ2v) is 2.62. The topological polar surface area (TPSA) is 90.2 Å². The summed E-state index contributed by atoms with van der Waals surface area (Å²) in [6.45, 7) is -0.263. The lowest BCUT2D eigenvalue weighted by atomic mass is 10.0. The second kappa shape index (κ2) is 3.46. The Morgan fingerprint density at radius 1 is 1.27 bits per heavy atom. The highest BCUT2D eigenvalue weighted by Gasteiger charge is 2.34. The van der Waals surface area contributed by atoms with Gasteiger partial charge in [0.2, 0.25) is 0 Å². The lowest BCUT2D eigenvalue weighted by molar-refractivity contribution is -0.251. The molecule has 5 heteroatoms. The molecule has 66 valence electrons. The molecule has 1 aliphatic rings. The largest absolute Gasteiger partial charge is 0.394 e. The van der Waals surface area contributed by atoms with Gasteiger partial charge in [0, 0.05) is 6.42 Å². The highest BCUT2D eigenvalue weighted by atomic mass is 16.6. The van der Waals surface area contributed by atoms with Crippen molar-refractivity contribution in [3.63, 3.8) is 0 Å². The molecule has 11 heavy (non-hydrogen) atoms. The van der Waals surface area contributed by atoms with Crippen LogP contribution in [0.2, 0.25) is 0 Å². The normalized spacial score (nSPS) is 45.8. The molecule has 0 unspecified atom stereocenters. The smallest absolute Gasteiger partial charge is 0.183 e. The van der Waals surface area contributed by atoms with Crippen molar-refractivity contribution in [2.75, 3.05) is 6.61 Å². The maximum absolute atomic E-state index is 9.05. The summed E-state index contributed by atoms with van der Waals surface area (Å²) in [7, 11) is 0. The first kappa shape index (κ1) is 8.89. The minimum absolute atomic E-state index is 0.148. The molecular weight excluding hydrogens is 152 g/mol. The van der Waals surface area contributed by atoms with Crippen LogP contribution in [0, 0.1) is 0 Å². The molecule has 0 radical (unpaired) electrons. The molecule has 4 N–H and O–H groups in total. The third-order valence-electron chi connectivity index (χ3n) is 1.73. The molecule has 1 saturated heterocycles. The van der Waals surface area contributed by atoms with Gasteiger partial charge in [0.15, 0.2) is 6.29 Å². The van der Waals surface area contributed by atoms with Crippen LogP contribution in [0.25, 0.3) is 0 Å². The van der Waals surface area contributed by atoms with Crippen molar-refractivity contribution in [2.45, 2.75) is 31.0 Å². The molecule has 0 spiro atoms. The molecule has 0 bridgehead atoms. The minimum Gasteiger partial charge on any atom is -0.394 e. The third-order valence-corrected chi connectivity index (χ3v) is 1.73. The Morgan fingerprint density at radius 3 is 2.36 bits per heavy atom. The quantitative estimate of drug-likeness (QED) is 0.353. The monoisotopic (exact) mass is 164 g/mol. The SMILES string of the molecule is OC[C@H]1C[C@H](O)[C@@H](O)[C@@H](O)O1. The van der Waals surface area contributed by atoms with Crippen LogP contribution in [0.5, 0.6) is 0 Å². The molecule has 0 aromatic rings. The lowest BCUT2D eigenvalue weighted by Gasteiger charge is -2.33. The van der Waals surface area contributed by atoms with Crippen LogP contribution in [0.1, 0.15) is 6.42 Å². The number of aliphatic hydroxyl groups is 4. The summed E-state index contributed by atoms with van der Waals surface area (Å²) in [4.78, 5) is 0. The first-order valence-corrected chi connectivity index (χ1v) is 3.45. The average Bonchev–Trinajstić information content (AvgIpc) is 1.99. The number of hydrogen-bond acceptors (Lipinski definition) is 5. The Labute approximate surface area is 63.8 Å². The van der Waals surface area contributed by atoms with Gasteiger partial charge in [-0.3, -0.25) is 0 Å². The van der Waals surface area contributed by atoms with Crippen molar-refractivity contribution in [1.29, 1.82) is 0 Å². The van der Waals surface area contributed by atoms with Crippen LogP contribution < -0.4 is 0 Å². The fourth-order valence-corrected chi connectivity index (χ4v) is 1.05. The number of rotatable bonds is 1. The van der Waals surface area contributed by atoms with Crippen LogP contribution in [-0.4, -0.2) is 51.6 Å². The standard InChI is InChI=1S/C6H12O5/c7-2-3-1-4(8)5(9)6(10)11-3/h3-10H,1-2H2/t3-,4+,5-,6+/m1/s1. The van der Waals surface area contributed by atoms with Gasteiger partial charge in [-0.25, -0.2) is 0 Å². The van der Waals surface area contributed by atoms with Crippen molar-refractivity contribution in [2.24, 2.45) is 0 Å². The van der Waals surface area contributed by atoms with Crippen LogP contribution in [0.3, 0.4) is 0 Å². The maximum Gasteiger partial charge on any atom is 0.183 e. The predicted molar refractivity (Wildman–Crippen MR) is 34.6 cm³/mol. The fourth-order valence-electron chi connectivity index (χ4n) is 1.05. The van der Waals surface area contributed by atoms with Crippen molar-refractivity contribution < 1.29 is 25.2 Å². The Hall–Kier alpha value is -0.200. The number of aliphatic hydroxyl groups excluding tert-OH is 4.